The fourth-order valence-electron chi connectivity index (χ4n) is 2.52. The SMILES string of the molecule is CC(Cn1cccn1)NC1CCOC(C)(C)C1. The first-order valence-electron chi connectivity index (χ1n) is 6.43. The number of hydrogen-bond acceptors (Lipinski definition) is 3. The standard InChI is InChI=1S/C13H23N3O/c1-11(10-16-7-4-6-14-16)15-12-5-8-17-13(2,3)9-12/h4,6-7,11-12,15H,5,8-10H2,1-3H3. The van der Waals surface area contributed by atoms with Crippen LogP contribution < -0.4 is 5.32 Å². The fourth-order valence-corrected chi connectivity index (χ4v) is 2.52. The van der Waals surface area contributed by atoms with Crippen molar-refractivity contribution in [1.82, 2.24) is 15.1 Å². The van der Waals surface area contributed by atoms with E-state index in [2.05, 4.69) is 31.2 Å². The Morgan fingerprint density at radius 3 is 3.06 bits per heavy atom. The van der Waals surface area contributed by atoms with Gasteiger partial charge in [-0.05, 0) is 39.7 Å². The van der Waals surface area contributed by atoms with Crippen molar-refractivity contribution in [3.8, 4) is 0 Å². The molecule has 0 spiro atoms. The number of rotatable bonds is 4. The predicted octanol–water partition coefficient (Wildman–Crippen LogP) is 1.82. The zero-order valence-electron chi connectivity index (χ0n) is 11.0. The summed E-state index contributed by atoms with van der Waals surface area (Å²) in [7, 11) is 0. The Hall–Kier alpha value is -0.870. The van der Waals surface area contributed by atoms with E-state index in [9.17, 15) is 0 Å². The van der Waals surface area contributed by atoms with Crippen LogP contribution in [0.5, 0.6) is 0 Å². The Morgan fingerprint density at radius 1 is 1.59 bits per heavy atom. The third-order valence-electron chi connectivity index (χ3n) is 3.24. The van der Waals surface area contributed by atoms with Crippen molar-refractivity contribution in [2.24, 2.45) is 0 Å². The van der Waals surface area contributed by atoms with Crippen molar-refractivity contribution in [1.29, 1.82) is 0 Å². The summed E-state index contributed by atoms with van der Waals surface area (Å²) in [5.74, 6) is 0. The smallest absolute Gasteiger partial charge is 0.0641 e. The van der Waals surface area contributed by atoms with E-state index < -0.39 is 0 Å². The Bertz CT molecular complexity index is 334. The maximum absolute atomic E-state index is 5.73. The van der Waals surface area contributed by atoms with Crippen molar-refractivity contribution in [2.75, 3.05) is 6.61 Å². The number of nitrogens with zero attached hydrogens (tertiary/aromatic N) is 2. The van der Waals surface area contributed by atoms with Gasteiger partial charge < -0.3 is 10.1 Å². The highest BCUT2D eigenvalue weighted by Gasteiger charge is 2.29. The van der Waals surface area contributed by atoms with Crippen molar-refractivity contribution < 1.29 is 4.74 Å². The monoisotopic (exact) mass is 237 g/mol. The molecule has 0 aromatic carbocycles. The molecule has 17 heavy (non-hydrogen) atoms. The Morgan fingerprint density at radius 2 is 2.41 bits per heavy atom. The average Bonchev–Trinajstić information content (AvgIpc) is 2.68. The molecular weight excluding hydrogens is 214 g/mol. The zero-order chi connectivity index (χ0) is 12.3. The van der Waals surface area contributed by atoms with Crippen LogP contribution in [-0.4, -0.2) is 34.1 Å². The molecule has 1 N–H and O–H groups in total. The number of hydrogen-bond donors (Lipinski definition) is 1. The van der Waals surface area contributed by atoms with E-state index in [-0.39, 0.29) is 5.60 Å². The molecular formula is C13H23N3O. The molecule has 2 atom stereocenters. The molecule has 1 aromatic heterocycles. The van der Waals surface area contributed by atoms with Gasteiger partial charge in [0.05, 0.1) is 12.1 Å². The van der Waals surface area contributed by atoms with Gasteiger partial charge in [0.2, 0.25) is 0 Å². The van der Waals surface area contributed by atoms with Crippen molar-refractivity contribution in [3.05, 3.63) is 18.5 Å². The molecule has 1 aliphatic heterocycles. The van der Waals surface area contributed by atoms with Gasteiger partial charge in [-0.2, -0.15) is 5.10 Å². The molecule has 0 amide bonds. The largest absolute Gasteiger partial charge is 0.375 e. The lowest BCUT2D eigenvalue weighted by Crippen LogP contribution is -2.47. The number of aromatic nitrogens is 2. The molecule has 0 radical (unpaired) electrons. The third-order valence-corrected chi connectivity index (χ3v) is 3.24. The molecule has 1 fully saturated rings. The molecule has 0 saturated carbocycles. The molecule has 0 aliphatic carbocycles. The molecule has 1 saturated heterocycles. The van der Waals surface area contributed by atoms with E-state index in [0.29, 0.717) is 12.1 Å². The summed E-state index contributed by atoms with van der Waals surface area (Å²) in [5.41, 5.74) is 0.0152. The minimum atomic E-state index is 0.0152. The Kier molecular flexibility index (Phi) is 3.84. The fraction of sp³-hybridized carbons (Fsp3) is 0.769. The van der Waals surface area contributed by atoms with Gasteiger partial charge in [-0.25, -0.2) is 0 Å². The molecule has 2 rings (SSSR count). The van der Waals surface area contributed by atoms with Crippen LogP contribution in [0, 0.1) is 0 Å². The second-order valence-corrected chi connectivity index (χ2v) is 5.59. The maximum atomic E-state index is 5.73. The van der Waals surface area contributed by atoms with Gasteiger partial charge >= 0.3 is 0 Å². The summed E-state index contributed by atoms with van der Waals surface area (Å²) in [4.78, 5) is 0. The van der Waals surface area contributed by atoms with E-state index in [4.69, 9.17) is 4.74 Å². The molecule has 96 valence electrons. The van der Waals surface area contributed by atoms with Crippen LogP contribution in [-0.2, 0) is 11.3 Å². The minimum Gasteiger partial charge on any atom is -0.375 e. The van der Waals surface area contributed by atoms with E-state index in [1.165, 1.54) is 0 Å². The van der Waals surface area contributed by atoms with E-state index in [0.717, 1.165) is 26.0 Å². The highest BCUT2D eigenvalue weighted by atomic mass is 16.5. The summed E-state index contributed by atoms with van der Waals surface area (Å²) >= 11 is 0. The number of ether oxygens (including phenoxy) is 1. The van der Waals surface area contributed by atoms with Gasteiger partial charge in [0.25, 0.3) is 0 Å². The van der Waals surface area contributed by atoms with Gasteiger partial charge in [-0.3, -0.25) is 4.68 Å². The molecule has 0 bridgehead atoms. The lowest BCUT2D eigenvalue weighted by molar-refractivity contribution is -0.0641. The quantitative estimate of drug-likeness (QED) is 0.868. The highest BCUT2D eigenvalue weighted by molar-refractivity contribution is 4.85. The normalized spacial score (nSPS) is 25.7. The maximum Gasteiger partial charge on any atom is 0.0641 e. The zero-order valence-corrected chi connectivity index (χ0v) is 11.0. The summed E-state index contributed by atoms with van der Waals surface area (Å²) in [6, 6.07) is 2.96. The highest BCUT2D eigenvalue weighted by Crippen LogP contribution is 2.24. The first-order chi connectivity index (χ1) is 8.05. The van der Waals surface area contributed by atoms with Gasteiger partial charge in [0.1, 0.15) is 0 Å². The van der Waals surface area contributed by atoms with Gasteiger partial charge in [-0.1, -0.05) is 0 Å². The molecule has 4 heteroatoms. The second-order valence-electron chi connectivity index (χ2n) is 5.59. The molecule has 1 aromatic rings. The van der Waals surface area contributed by atoms with Crippen LogP contribution >= 0.6 is 0 Å². The van der Waals surface area contributed by atoms with Crippen LogP contribution in [0.3, 0.4) is 0 Å². The first kappa shape index (κ1) is 12.6. The van der Waals surface area contributed by atoms with Crippen molar-refractivity contribution >= 4 is 0 Å². The van der Waals surface area contributed by atoms with E-state index in [1.807, 2.05) is 23.1 Å². The summed E-state index contributed by atoms with van der Waals surface area (Å²) in [6.45, 7) is 8.33. The van der Waals surface area contributed by atoms with Crippen LogP contribution in [0.2, 0.25) is 0 Å². The summed E-state index contributed by atoms with van der Waals surface area (Å²) in [6.07, 6.45) is 6.01. The predicted molar refractivity (Wildman–Crippen MR) is 67.9 cm³/mol. The van der Waals surface area contributed by atoms with E-state index in [1.54, 1.807) is 0 Å². The van der Waals surface area contributed by atoms with Crippen molar-refractivity contribution in [2.45, 2.75) is 57.8 Å². The molecule has 1 aliphatic rings. The van der Waals surface area contributed by atoms with Crippen LogP contribution in [0.1, 0.15) is 33.6 Å². The second kappa shape index (κ2) is 5.19. The summed E-state index contributed by atoms with van der Waals surface area (Å²) < 4.78 is 7.70. The lowest BCUT2D eigenvalue weighted by atomic mass is 9.93. The lowest BCUT2D eigenvalue weighted by Gasteiger charge is -2.37. The molecule has 2 heterocycles. The van der Waals surface area contributed by atoms with E-state index >= 15 is 0 Å². The van der Waals surface area contributed by atoms with Crippen molar-refractivity contribution in [3.63, 3.8) is 0 Å². The Balaban J connectivity index is 1.80. The summed E-state index contributed by atoms with van der Waals surface area (Å²) in [5, 5.41) is 7.90. The van der Waals surface area contributed by atoms with Crippen LogP contribution in [0.15, 0.2) is 18.5 Å². The van der Waals surface area contributed by atoms with Gasteiger partial charge in [0.15, 0.2) is 0 Å². The molecule has 4 nitrogen and oxygen atoms in total. The van der Waals surface area contributed by atoms with Crippen LogP contribution in [0.4, 0.5) is 0 Å². The average molecular weight is 237 g/mol. The van der Waals surface area contributed by atoms with Crippen LogP contribution in [0.25, 0.3) is 0 Å². The van der Waals surface area contributed by atoms with Gasteiger partial charge in [-0.15, -0.1) is 0 Å². The molecule has 2 unspecified atom stereocenters. The minimum absolute atomic E-state index is 0.0152. The Labute approximate surface area is 103 Å². The van der Waals surface area contributed by atoms with Gasteiger partial charge in [0, 0.05) is 31.1 Å². The number of nitrogens with one attached hydrogen (secondary N) is 1. The first-order valence-corrected chi connectivity index (χ1v) is 6.43. The topological polar surface area (TPSA) is 39.1 Å². The third kappa shape index (κ3) is 3.82.